The fourth-order valence-electron chi connectivity index (χ4n) is 2.45. The van der Waals surface area contributed by atoms with E-state index in [1.54, 1.807) is 11.1 Å². The third kappa shape index (κ3) is 3.37. The van der Waals surface area contributed by atoms with Crippen molar-refractivity contribution < 1.29 is 9.53 Å². The number of rotatable bonds is 6. The molecule has 2 rings (SSSR count). The van der Waals surface area contributed by atoms with Crippen LogP contribution < -0.4 is 5.32 Å². The van der Waals surface area contributed by atoms with Gasteiger partial charge < -0.3 is 19.5 Å². The zero-order chi connectivity index (χ0) is 14.5. The minimum absolute atomic E-state index is 0.0909. The Bertz CT molecular complexity index is 446. The van der Waals surface area contributed by atoms with Gasteiger partial charge in [-0.25, -0.2) is 4.98 Å². The van der Waals surface area contributed by atoms with Crippen LogP contribution >= 0.6 is 0 Å². The summed E-state index contributed by atoms with van der Waals surface area (Å²) >= 11 is 0. The fraction of sp³-hybridized carbons (Fsp3) is 0.714. The highest BCUT2D eigenvalue weighted by molar-refractivity contribution is 5.79. The van der Waals surface area contributed by atoms with Crippen molar-refractivity contribution in [2.75, 3.05) is 26.8 Å². The minimum atomic E-state index is -0.0909. The van der Waals surface area contributed by atoms with Gasteiger partial charge in [-0.3, -0.25) is 4.79 Å². The second-order valence-electron chi connectivity index (χ2n) is 5.35. The molecule has 1 fully saturated rings. The van der Waals surface area contributed by atoms with E-state index in [9.17, 15) is 4.79 Å². The van der Waals surface area contributed by atoms with Gasteiger partial charge in [0.05, 0.1) is 25.7 Å². The molecule has 1 aromatic rings. The van der Waals surface area contributed by atoms with E-state index in [2.05, 4.69) is 17.2 Å². The zero-order valence-corrected chi connectivity index (χ0v) is 12.5. The summed E-state index contributed by atoms with van der Waals surface area (Å²) in [5.41, 5.74) is 0. The van der Waals surface area contributed by atoms with E-state index in [4.69, 9.17) is 4.74 Å². The van der Waals surface area contributed by atoms with Crippen molar-refractivity contribution >= 4 is 5.91 Å². The second kappa shape index (κ2) is 6.85. The summed E-state index contributed by atoms with van der Waals surface area (Å²) in [6.07, 6.45) is 4.69. The van der Waals surface area contributed by atoms with E-state index < -0.39 is 0 Å². The number of nitrogens with one attached hydrogen (secondary N) is 1. The van der Waals surface area contributed by atoms with E-state index in [-0.39, 0.29) is 17.9 Å². The molecule has 1 N–H and O–H groups in total. The van der Waals surface area contributed by atoms with Crippen LogP contribution in [0.1, 0.15) is 19.2 Å². The Morgan fingerprint density at radius 2 is 2.40 bits per heavy atom. The molecule has 0 spiro atoms. The van der Waals surface area contributed by atoms with Crippen molar-refractivity contribution in [1.29, 1.82) is 0 Å². The molecule has 1 saturated heterocycles. The second-order valence-corrected chi connectivity index (χ2v) is 5.35. The molecule has 2 heterocycles. The van der Waals surface area contributed by atoms with Crippen LogP contribution in [-0.4, -0.2) is 53.2 Å². The number of amides is 1. The Kier molecular flexibility index (Phi) is 5.14. The van der Waals surface area contributed by atoms with Gasteiger partial charge in [-0.05, 0) is 13.0 Å². The lowest BCUT2D eigenvalue weighted by Crippen LogP contribution is -2.44. The summed E-state index contributed by atoms with van der Waals surface area (Å²) in [7, 11) is 3.76. The normalized spacial score (nSPS) is 22.1. The molecule has 0 saturated carbocycles. The number of aryl methyl sites for hydroxylation is 1. The summed E-state index contributed by atoms with van der Waals surface area (Å²) in [6, 6.07) is 0.131. The van der Waals surface area contributed by atoms with Gasteiger partial charge in [0.2, 0.25) is 5.91 Å². The molecule has 6 heteroatoms. The summed E-state index contributed by atoms with van der Waals surface area (Å²) in [5, 5.41) is 3.39. The first-order valence-electron chi connectivity index (χ1n) is 7.15. The van der Waals surface area contributed by atoms with Gasteiger partial charge in [0, 0.05) is 32.5 Å². The molecular formula is C14H24N4O2. The number of carbonyl (C=O) groups is 1. The third-order valence-corrected chi connectivity index (χ3v) is 3.73. The Morgan fingerprint density at radius 3 is 3.05 bits per heavy atom. The molecule has 1 amide bonds. The van der Waals surface area contributed by atoms with Gasteiger partial charge in [-0.1, -0.05) is 6.92 Å². The van der Waals surface area contributed by atoms with Crippen molar-refractivity contribution in [2.45, 2.75) is 25.9 Å². The molecule has 1 aromatic heterocycles. The number of hydrogen-bond acceptors (Lipinski definition) is 4. The van der Waals surface area contributed by atoms with E-state index in [0.717, 1.165) is 18.8 Å². The number of nitrogens with zero attached hydrogens (tertiary/aromatic N) is 3. The van der Waals surface area contributed by atoms with Crippen LogP contribution in [0, 0.1) is 5.92 Å². The van der Waals surface area contributed by atoms with Crippen LogP contribution in [0.3, 0.4) is 0 Å². The summed E-state index contributed by atoms with van der Waals surface area (Å²) < 4.78 is 7.40. The van der Waals surface area contributed by atoms with Crippen LogP contribution in [-0.2, 0) is 23.1 Å². The van der Waals surface area contributed by atoms with E-state index in [0.29, 0.717) is 19.8 Å². The lowest BCUT2D eigenvalue weighted by molar-refractivity contribution is -0.135. The quantitative estimate of drug-likeness (QED) is 0.819. The van der Waals surface area contributed by atoms with Gasteiger partial charge in [0.25, 0.3) is 0 Å². The Labute approximate surface area is 120 Å². The number of carbonyl (C=O) groups excluding carboxylic acids is 1. The molecule has 0 bridgehead atoms. The molecule has 0 aromatic carbocycles. The Morgan fingerprint density at radius 1 is 1.60 bits per heavy atom. The van der Waals surface area contributed by atoms with Crippen molar-refractivity contribution in [3.63, 3.8) is 0 Å². The van der Waals surface area contributed by atoms with Crippen molar-refractivity contribution in [2.24, 2.45) is 13.0 Å². The highest BCUT2D eigenvalue weighted by Gasteiger charge is 2.35. The highest BCUT2D eigenvalue weighted by Crippen LogP contribution is 2.17. The lowest BCUT2D eigenvalue weighted by atomic mass is 10.0. The average Bonchev–Trinajstić information content (AvgIpc) is 3.05. The van der Waals surface area contributed by atoms with Gasteiger partial charge in [-0.2, -0.15) is 0 Å². The van der Waals surface area contributed by atoms with Gasteiger partial charge in [-0.15, -0.1) is 0 Å². The number of imidazole rings is 1. The fourth-order valence-corrected chi connectivity index (χ4v) is 2.45. The SMILES string of the molecule is CCCNC1COCC1C(=O)N(C)Cc1nccn1C. The highest BCUT2D eigenvalue weighted by atomic mass is 16.5. The summed E-state index contributed by atoms with van der Waals surface area (Å²) in [4.78, 5) is 18.5. The number of ether oxygens (including phenoxy) is 1. The van der Waals surface area contributed by atoms with Crippen LogP contribution in [0.15, 0.2) is 12.4 Å². The third-order valence-electron chi connectivity index (χ3n) is 3.73. The monoisotopic (exact) mass is 280 g/mol. The molecule has 6 nitrogen and oxygen atoms in total. The molecule has 0 aliphatic carbocycles. The maximum absolute atomic E-state index is 12.5. The molecule has 2 unspecified atom stereocenters. The molecular weight excluding hydrogens is 256 g/mol. The first-order chi connectivity index (χ1) is 9.63. The first kappa shape index (κ1) is 15.0. The smallest absolute Gasteiger partial charge is 0.229 e. The Hall–Kier alpha value is -1.40. The van der Waals surface area contributed by atoms with Crippen LogP contribution in [0.5, 0.6) is 0 Å². The standard InChI is InChI=1S/C14H24N4O2/c1-4-5-15-12-10-20-9-11(12)14(19)18(3)8-13-16-6-7-17(13)2/h6-7,11-12,15H,4-5,8-10H2,1-3H3. The van der Waals surface area contributed by atoms with Gasteiger partial charge in [0.15, 0.2) is 0 Å². The number of hydrogen-bond donors (Lipinski definition) is 1. The van der Waals surface area contributed by atoms with Gasteiger partial charge in [0.1, 0.15) is 5.82 Å². The Balaban J connectivity index is 1.93. The number of aromatic nitrogens is 2. The van der Waals surface area contributed by atoms with Crippen molar-refractivity contribution in [3.8, 4) is 0 Å². The summed E-state index contributed by atoms with van der Waals surface area (Å²) in [5.74, 6) is 0.920. The van der Waals surface area contributed by atoms with Crippen molar-refractivity contribution in [1.82, 2.24) is 19.8 Å². The molecule has 1 aliphatic rings. The van der Waals surface area contributed by atoms with Gasteiger partial charge >= 0.3 is 0 Å². The zero-order valence-electron chi connectivity index (χ0n) is 12.5. The minimum Gasteiger partial charge on any atom is -0.379 e. The maximum Gasteiger partial charge on any atom is 0.229 e. The predicted octanol–water partition coefficient (Wildman–Crippen LogP) is 0.393. The maximum atomic E-state index is 12.5. The lowest BCUT2D eigenvalue weighted by Gasteiger charge is -2.24. The van der Waals surface area contributed by atoms with E-state index in [1.807, 2.05) is 24.9 Å². The van der Waals surface area contributed by atoms with E-state index >= 15 is 0 Å². The molecule has 112 valence electrons. The molecule has 2 atom stereocenters. The van der Waals surface area contributed by atoms with E-state index in [1.165, 1.54) is 0 Å². The molecule has 0 radical (unpaired) electrons. The first-order valence-corrected chi connectivity index (χ1v) is 7.15. The average molecular weight is 280 g/mol. The molecule has 20 heavy (non-hydrogen) atoms. The largest absolute Gasteiger partial charge is 0.379 e. The van der Waals surface area contributed by atoms with Crippen molar-refractivity contribution in [3.05, 3.63) is 18.2 Å². The predicted molar refractivity (Wildman–Crippen MR) is 76.1 cm³/mol. The van der Waals surface area contributed by atoms with Crippen LogP contribution in [0.4, 0.5) is 0 Å². The van der Waals surface area contributed by atoms with Crippen LogP contribution in [0.2, 0.25) is 0 Å². The van der Waals surface area contributed by atoms with Crippen LogP contribution in [0.25, 0.3) is 0 Å². The molecule has 1 aliphatic heterocycles. The topological polar surface area (TPSA) is 59.4 Å². The summed E-state index contributed by atoms with van der Waals surface area (Å²) in [6.45, 7) is 4.69.